The Labute approximate surface area is 161 Å². The number of hydrogen-bond acceptors (Lipinski definition) is 4. The normalized spacial score (nSPS) is 15.1. The average molecular weight is 382 g/mol. The molecule has 1 aromatic carbocycles. The van der Waals surface area contributed by atoms with Gasteiger partial charge in [-0.05, 0) is 25.8 Å². The van der Waals surface area contributed by atoms with Crippen LogP contribution in [0.4, 0.5) is 5.13 Å². The van der Waals surface area contributed by atoms with Gasteiger partial charge in [-0.25, -0.2) is 4.98 Å². The second-order valence-electron chi connectivity index (χ2n) is 6.88. The molecule has 3 aromatic rings. The van der Waals surface area contributed by atoms with Gasteiger partial charge < -0.3 is 15.2 Å². The number of carbonyl (C=O) groups is 2. The smallest absolute Gasteiger partial charge is 0.245 e. The van der Waals surface area contributed by atoms with Crippen molar-refractivity contribution in [2.24, 2.45) is 0 Å². The summed E-state index contributed by atoms with van der Waals surface area (Å²) in [6, 6.07) is 8.11. The van der Waals surface area contributed by atoms with Crippen LogP contribution in [0.5, 0.6) is 0 Å². The molecule has 0 radical (unpaired) electrons. The molecule has 3 heterocycles. The maximum absolute atomic E-state index is 12.4. The molecule has 6 nitrogen and oxygen atoms in total. The van der Waals surface area contributed by atoms with Gasteiger partial charge in [-0.3, -0.25) is 9.59 Å². The van der Waals surface area contributed by atoms with Crippen molar-refractivity contribution >= 4 is 39.2 Å². The first-order valence-electron chi connectivity index (χ1n) is 9.22. The third kappa shape index (κ3) is 3.73. The van der Waals surface area contributed by atoms with E-state index in [-0.39, 0.29) is 18.4 Å². The number of anilines is 1. The maximum Gasteiger partial charge on any atom is 0.245 e. The number of rotatable bonds is 4. The first-order chi connectivity index (χ1) is 13.1. The minimum absolute atomic E-state index is 0.0666. The highest BCUT2D eigenvalue weighted by Crippen LogP contribution is 2.33. The molecule has 27 heavy (non-hydrogen) atoms. The van der Waals surface area contributed by atoms with E-state index >= 15 is 0 Å². The lowest BCUT2D eigenvalue weighted by atomic mass is 10.1. The zero-order chi connectivity index (χ0) is 18.8. The number of nitrogens with zero attached hydrogens (tertiary/aromatic N) is 2. The van der Waals surface area contributed by atoms with E-state index in [1.165, 1.54) is 11.3 Å². The lowest BCUT2D eigenvalue weighted by Crippen LogP contribution is -2.37. The molecule has 7 heteroatoms. The van der Waals surface area contributed by atoms with Crippen LogP contribution in [0.15, 0.2) is 29.6 Å². The Kier molecular flexibility index (Phi) is 4.94. The van der Waals surface area contributed by atoms with E-state index in [2.05, 4.69) is 21.4 Å². The second kappa shape index (κ2) is 7.52. The Bertz CT molecular complexity index is 991. The van der Waals surface area contributed by atoms with Gasteiger partial charge in [-0.15, -0.1) is 11.3 Å². The predicted octanol–water partition coefficient (Wildman–Crippen LogP) is 3.94. The van der Waals surface area contributed by atoms with Crippen LogP contribution in [0.3, 0.4) is 0 Å². The van der Waals surface area contributed by atoms with Crippen LogP contribution in [-0.4, -0.2) is 39.8 Å². The summed E-state index contributed by atoms with van der Waals surface area (Å²) in [5, 5.41) is 6.47. The van der Waals surface area contributed by atoms with E-state index in [0.717, 1.165) is 47.1 Å². The summed E-state index contributed by atoms with van der Waals surface area (Å²) in [6.07, 6.45) is 3.45. The summed E-state index contributed by atoms with van der Waals surface area (Å²) >= 11 is 1.40. The molecule has 0 saturated carbocycles. The van der Waals surface area contributed by atoms with Gasteiger partial charge in [0.05, 0.1) is 12.2 Å². The number of thiazole rings is 1. The van der Waals surface area contributed by atoms with E-state index in [4.69, 9.17) is 0 Å². The molecule has 0 aliphatic carbocycles. The lowest BCUT2D eigenvalue weighted by molar-refractivity contribution is -0.134. The van der Waals surface area contributed by atoms with Crippen LogP contribution in [0, 0.1) is 6.92 Å². The predicted molar refractivity (Wildman–Crippen MR) is 108 cm³/mol. The van der Waals surface area contributed by atoms with Gasteiger partial charge in [0.2, 0.25) is 11.8 Å². The summed E-state index contributed by atoms with van der Waals surface area (Å²) in [7, 11) is 0. The van der Waals surface area contributed by atoms with E-state index in [0.29, 0.717) is 18.1 Å². The number of aromatic amines is 1. The number of aromatic nitrogens is 2. The average Bonchev–Trinajstić information content (AvgIpc) is 3.16. The molecule has 1 fully saturated rings. The molecule has 0 spiro atoms. The monoisotopic (exact) mass is 382 g/mol. The molecule has 0 unspecified atom stereocenters. The summed E-state index contributed by atoms with van der Waals surface area (Å²) in [5.41, 5.74) is 4.03. The van der Waals surface area contributed by atoms with Crippen LogP contribution >= 0.6 is 11.3 Å². The van der Waals surface area contributed by atoms with Crippen molar-refractivity contribution < 1.29 is 9.59 Å². The summed E-state index contributed by atoms with van der Waals surface area (Å²) in [4.78, 5) is 34.0. The number of hydrogen-bond donors (Lipinski definition) is 2. The number of carbonyl (C=O) groups excluding carboxylic acids is 2. The number of benzene rings is 1. The first kappa shape index (κ1) is 17.7. The Morgan fingerprint density at radius 1 is 1.30 bits per heavy atom. The Balaban J connectivity index is 1.48. The topological polar surface area (TPSA) is 78.1 Å². The molecule has 2 N–H and O–H groups in total. The third-order valence-corrected chi connectivity index (χ3v) is 5.66. The summed E-state index contributed by atoms with van der Waals surface area (Å²) in [5.74, 6) is -0.126. The van der Waals surface area contributed by atoms with Crippen molar-refractivity contribution in [2.75, 3.05) is 18.4 Å². The molecule has 1 aliphatic heterocycles. The molecule has 0 atom stereocenters. The van der Waals surface area contributed by atoms with E-state index < -0.39 is 0 Å². The van der Waals surface area contributed by atoms with Crippen LogP contribution in [0.2, 0.25) is 0 Å². The molecule has 1 saturated heterocycles. The minimum Gasteiger partial charge on any atom is -0.358 e. The summed E-state index contributed by atoms with van der Waals surface area (Å²) in [6.45, 7) is 2.78. The zero-order valence-electron chi connectivity index (χ0n) is 15.2. The van der Waals surface area contributed by atoms with Gasteiger partial charge >= 0.3 is 0 Å². The van der Waals surface area contributed by atoms with E-state index in [1.807, 2.05) is 30.5 Å². The first-order valence-corrected chi connectivity index (χ1v) is 10.1. The van der Waals surface area contributed by atoms with Crippen molar-refractivity contribution in [3.8, 4) is 11.3 Å². The second-order valence-corrected chi connectivity index (χ2v) is 7.74. The van der Waals surface area contributed by atoms with Crippen molar-refractivity contribution in [3.05, 3.63) is 35.3 Å². The maximum atomic E-state index is 12.4. The molecule has 1 aliphatic rings. The Hall–Kier alpha value is -2.67. The number of likely N-dealkylation sites (tertiary alicyclic amines) is 1. The lowest BCUT2D eigenvalue weighted by Gasteiger charge is -2.19. The molecular weight excluding hydrogens is 360 g/mol. The summed E-state index contributed by atoms with van der Waals surface area (Å²) < 4.78 is 0. The fraction of sp³-hybridized carbons (Fsp3) is 0.350. The largest absolute Gasteiger partial charge is 0.358 e. The van der Waals surface area contributed by atoms with Crippen LogP contribution < -0.4 is 5.32 Å². The molecule has 2 amide bonds. The zero-order valence-corrected chi connectivity index (χ0v) is 16.1. The van der Waals surface area contributed by atoms with Gasteiger partial charge in [0, 0.05) is 40.5 Å². The molecule has 0 bridgehead atoms. The standard InChI is InChI=1S/C20H22N4O2S/c1-13-19(14-7-4-5-8-15(14)21-13)16-12-27-20(22-16)23-17(25)11-24-10-6-2-3-9-18(24)26/h4-5,7-8,12,21H,2-3,6,9-11H2,1H3,(H,22,23,25). The minimum atomic E-state index is -0.193. The van der Waals surface area contributed by atoms with Crippen LogP contribution in [0.1, 0.15) is 31.4 Å². The van der Waals surface area contributed by atoms with Crippen LogP contribution in [0.25, 0.3) is 22.2 Å². The third-order valence-electron chi connectivity index (χ3n) is 4.91. The highest BCUT2D eigenvalue weighted by atomic mass is 32.1. The molecular formula is C20H22N4O2S. The van der Waals surface area contributed by atoms with E-state index in [1.54, 1.807) is 4.90 Å². The van der Waals surface area contributed by atoms with Gasteiger partial charge in [-0.2, -0.15) is 0 Å². The van der Waals surface area contributed by atoms with Gasteiger partial charge in [0.1, 0.15) is 0 Å². The Morgan fingerprint density at radius 3 is 3.04 bits per heavy atom. The molecule has 4 rings (SSSR count). The van der Waals surface area contributed by atoms with Crippen molar-refractivity contribution in [3.63, 3.8) is 0 Å². The van der Waals surface area contributed by atoms with Crippen molar-refractivity contribution in [1.29, 1.82) is 0 Å². The van der Waals surface area contributed by atoms with Crippen molar-refractivity contribution in [2.45, 2.75) is 32.6 Å². The molecule has 2 aromatic heterocycles. The highest BCUT2D eigenvalue weighted by molar-refractivity contribution is 7.14. The highest BCUT2D eigenvalue weighted by Gasteiger charge is 2.20. The quantitative estimate of drug-likeness (QED) is 0.717. The Morgan fingerprint density at radius 2 is 2.15 bits per heavy atom. The number of para-hydroxylation sites is 1. The van der Waals surface area contributed by atoms with Gasteiger partial charge in [0.25, 0.3) is 0 Å². The van der Waals surface area contributed by atoms with E-state index in [9.17, 15) is 9.59 Å². The van der Waals surface area contributed by atoms with Crippen molar-refractivity contribution in [1.82, 2.24) is 14.9 Å². The number of aryl methyl sites for hydroxylation is 1. The number of H-pyrrole nitrogens is 1. The van der Waals surface area contributed by atoms with Gasteiger partial charge in [-0.1, -0.05) is 24.6 Å². The fourth-order valence-electron chi connectivity index (χ4n) is 3.59. The number of amides is 2. The van der Waals surface area contributed by atoms with Gasteiger partial charge in [0.15, 0.2) is 5.13 Å². The molecule has 140 valence electrons. The number of fused-ring (bicyclic) bond motifs is 1. The number of nitrogens with one attached hydrogen (secondary N) is 2. The SMILES string of the molecule is Cc1[nH]c2ccccc2c1-c1csc(NC(=O)CN2CCCCCC2=O)n1. The van der Waals surface area contributed by atoms with Crippen LogP contribution in [-0.2, 0) is 9.59 Å². The fourth-order valence-corrected chi connectivity index (χ4v) is 4.31.